The summed E-state index contributed by atoms with van der Waals surface area (Å²) in [5.41, 5.74) is -0.832. The van der Waals surface area contributed by atoms with E-state index in [2.05, 4.69) is 15.3 Å². The molecule has 0 amide bonds. The van der Waals surface area contributed by atoms with Crippen molar-refractivity contribution >= 4 is 17.4 Å². The van der Waals surface area contributed by atoms with Crippen LogP contribution in [0.25, 0.3) is 0 Å². The second kappa shape index (κ2) is 4.11. The normalized spacial score (nSPS) is 13.8. The molecule has 1 atom stereocenters. The molecule has 1 aromatic rings. The molecule has 1 unspecified atom stereocenters. The Kier molecular flexibility index (Phi) is 3.29. The number of aromatic nitrogens is 2. The Morgan fingerprint density at radius 1 is 1.43 bits per heavy atom. The molecule has 0 fully saturated rings. The van der Waals surface area contributed by atoms with Gasteiger partial charge in [0, 0.05) is 12.4 Å². The van der Waals surface area contributed by atoms with E-state index in [-0.39, 0.29) is 6.04 Å². The molecule has 0 bridgehead atoms. The van der Waals surface area contributed by atoms with Crippen molar-refractivity contribution in [1.82, 2.24) is 9.97 Å². The first-order valence-corrected chi connectivity index (χ1v) is 4.74. The fraction of sp³-hybridized carbons (Fsp3) is 0.556. The van der Waals surface area contributed by atoms with Crippen LogP contribution in [0.2, 0.25) is 5.15 Å². The van der Waals surface area contributed by atoms with Gasteiger partial charge in [0.15, 0.2) is 11.0 Å². The van der Waals surface area contributed by atoms with Crippen molar-refractivity contribution in [2.75, 3.05) is 5.32 Å². The molecule has 14 heavy (non-hydrogen) atoms. The van der Waals surface area contributed by atoms with E-state index in [9.17, 15) is 5.11 Å². The number of hydrogen-bond donors (Lipinski definition) is 2. The van der Waals surface area contributed by atoms with Gasteiger partial charge in [0.25, 0.3) is 0 Å². The molecular weight excluding hydrogens is 202 g/mol. The smallest absolute Gasteiger partial charge is 0.171 e. The van der Waals surface area contributed by atoms with Crippen molar-refractivity contribution in [1.29, 1.82) is 0 Å². The van der Waals surface area contributed by atoms with Gasteiger partial charge in [0.1, 0.15) is 0 Å². The summed E-state index contributed by atoms with van der Waals surface area (Å²) in [6.07, 6.45) is 3.06. The van der Waals surface area contributed by atoms with E-state index < -0.39 is 5.60 Å². The quantitative estimate of drug-likeness (QED) is 0.806. The first-order valence-electron chi connectivity index (χ1n) is 4.36. The standard InChI is InChI=1S/C9H14ClN3O/c1-6(9(2,3)14)13-8-7(10)11-4-5-12-8/h4-6,14H,1-3H3,(H,12,13). The molecule has 0 radical (unpaired) electrons. The van der Waals surface area contributed by atoms with Crippen molar-refractivity contribution in [3.8, 4) is 0 Å². The number of nitrogens with zero attached hydrogens (tertiary/aromatic N) is 2. The maximum atomic E-state index is 9.68. The summed E-state index contributed by atoms with van der Waals surface area (Å²) in [6, 6.07) is -0.156. The summed E-state index contributed by atoms with van der Waals surface area (Å²) in [5.74, 6) is 0.490. The molecule has 0 aromatic carbocycles. The van der Waals surface area contributed by atoms with Crippen LogP contribution in [0.5, 0.6) is 0 Å². The minimum absolute atomic E-state index is 0.156. The molecule has 1 heterocycles. The number of anilines is 1. The van der Waals surface area contributed by atoms with E-state index >= 15 is 0 Å². The summed E-state index contributed by atoms with van der Waals surface area (Å²) in [6.45, 7) is 5.29. The zero-order valence-corrected chi connectivity index (χ0v) is 9.21. The minimum Gasteiger partial charge on any atom is -0.388 e. The maximum absolute atomic E-state index is 9.68. The Hall–Kier alpha value is -0.870. The fourth-order valence-corrected chi connectivity index (χ4v) is 0.959. The highest BCUT2D eigenvalue weighted by molar-refractivity contribution is 6.31. The van der Waals surface area contributed by atoms with Gasteiger partial charge in [-0.05, 0) is 20.8 Å². The van der Waals surface area contributed by atoms with Gasteiger partial charge in [0.2, 0.25) is 0 Å². The average Bonchev–Trinajstić information content (AvgIpc) is 2.07. The molecule has 0 saturated carbocycles. The van der Waals surface area contributed by atoms with Crippen molar-refractivity contribution in [2.45, 2.75) is 32.4 Å². The lowest BCUT2D eigenvalue weighted by atomic mass is 10.0. The third-order valence-electron chi connectivity index (χ3n) is 2.07. The van der Waals surface area contributed by atoms with Crippen LogP contribution in [0.4, 0.5) is 5.82 Å². The van der Waals surface area contributed by atoms with Crippen LogP contribution in [0.1, 0.15) is 20.8 Å². The van der Waals surface area contributed by atoms with E-state index in [4.69, 9.17) is 11.6 Å². The fourth-order valence-electron chi connectivity index (χ4n) is 0.800. The number of aliphatic hydroxyl groups is 1. The SMILES string of the molecule is CC(Nc1nccnc1Cl)C(C)(C)O. The van der Waals surface area contributed by atoms with Gasteiger partial charge in [0.05, 0.1) is 11.6 Å². The highest BCUT2D eigenvalue weighted by Crippen LogP contribution is 2.18. The van der Waals surface area contributed by atoms with Crippen LogP contribution in [0.3, 0.4) is 0 Å². The summed E-state index contributed by atoms with van der Waals surface area (Å²) >= 11 is 5.80. The molecule has 0 aliphatic heterocycles. The summed E-state index contributed by atoms with van der Waals surface area (Å²) < 4.78 is 0. The van der Waals surface area contributed by atoms with Gasteiger partial charge in [-0.25, -0.2) is 9.97 Å². The molecule has 4 nitrogen and oxygen atoms in total. The largest absolute Gasteiger partial charge is 0.388 e. The van der Waals surface area contributed by atoms with E-state index in [1.54, 1.807) is 20.0 Å². The Labute approximate surface area is 88.3 Å². The Balaban J connectivity index is 2.75. The van der Waals surface area contributed by atoms with Crippen molar-refractivity contribution in [3.63, 3.8) is 0 Å². The van der Waals surface area contributed by atoms with Gasteiger partial charge >= 0.3 is 0 Å². The third kappa shape index (κ3) is 2.82. The average molecular weight is 216 g/mol. The van der Waals surface area contributed by atoms with E-state index in [1.807, 2.05) is 6.92 Å². The van der Waals surface area contributed by atoms with Crippen LogP contribution in [-0.2, 0) is 0 Å². The topological polar surface area (TPSA) is 58.0 Å². The van der Waals surface area contributed by atoms with Gasteiger partial charge in [-0.2, -0.15) is 0 Å². The lowest BCUT2D eigenvalue weighted by Crippen LogP contribution is -2.39. The molecule has 78 valence electrons. The lowest BCUT2D eigenvalue weighted by Gasteiger charge is -2.27. The van der Waals surface area contributed by atoms with Crippen LogP contribution in [0, 0.1) is 0 Å². The Morgan fingerprint density at radius 2 is 2.00 bits per heavy atom. The molecule has 2 N–H and O–H groups in total. The minimum atomic E-state index is -0.832. The Bertz CT molecular complexity index is 311. The van der Waals surface area contributed by atoms with Gasteiger partial charge in [-0.1, -0.05) is 11.6 Å². The second-order valence-corrected chi connectivity index (χ2v) is 4.07. The maximum Gasteiger partial charge on any atom is 0.171 e. The molecule has 0 saturated heterocycles. The summed E-state index contributed by atoms with van der Waals surface area (Å²) in [4.78, 5) is 7.89. The van der Waals surface area contributed by atoms with Gasteiger partial charge < -0.3 is 10.4 Å². The lowest BCUT2D eigenvalue weighted by molar-refractivity contribution is 0.0648. The van der Waals surface area contributed by atoms with Crippen molar-refractivity contribution < 1.29 is 5.11 Å². The van der Waals surface area contributed by atoms with E-state index in [1.165, 1.54) is 6.20 Å². The highest BCUT2D eigenvalue weighted by atomic mass is 35.5. The summed E-state index contributed by atoms with van der Waals surface area (Å²) in [5, 5.41) is 13.0. The molecular formula is C9H14ClN3O. The van der Waals surface area contributed by atoms with Crippen molar-refractivity contribution in [2.24, 2.45) is 0 Å². The molecule has 0 aliphatic carbocycles. The molecule has 0 spiro atoms. The first kappa shape index (κ1) is 11.2. The zero-order chi connectivity index (χ0) is 10.8. The predicted molar refractivity (Wildman–Crippen MR) is 56.4 cm³/mol. The van der Waals surface area contributed by atoms with Crippen LogP contribution < -0.4 is 5.32 Å². The molecule has 0 aliphatic rings. The first-order chi connectivity index (χ1) is 6.41. The second-order valence-electron chi connectivity index (χ2n) is 3.72. The van der Waals surface area contributed by atoms with Crippen LogP contribution in [0.15, 0.2) is 12.4 Å². The van der Waals surface area contributed by atoms with E-state index in [0.717, 1.165) is 0 Å². The summed E-state index contributed by atoms with van der Waals surface area (Å²) in [7, 11) is 0. The monoisotopic (exact) mass is 215 g/mol. The number of halogens is 1. The zero-order valence-electron chi connectivity index (χ0n) is 8.45. The number of hydrogen-bond acceptors (Lipinski definition) is 4. The van der Waals surface area contributed by atoms with Gasteiger partial charge in [-0.15, -0.1) is 0 Å². The van der Waals surface area contributed by atoms with Crippen LogP contribution >= 0.6 is 11.6 Å². The Morgan fingerprint density at radius 3 is 2.50 bits per heavy atom. The van der Waals surface area contributed by atoms with E-state index in [0.29, 0.717) is 11.0 Å². The number of rotatable bonds is 3. The van der Waals surface area contributed by atoms with Gasteiger partial charge in [-0.3, -0.25) is 0 Å². The number of nitrogens with one attached hydrogen (secondary N) is 1. The molecule has 1 rings (SSSR count). The van der Waals surface area contributed by atoms with Crippen molar-refractivity contribution in [3.05, 3.63) is 17.5 Å². The third-order valence-corrected chi connectivity index (χ3v) is 2.34. The van der Waals surface area contributed by atoms with Crippen LogP contribution in [-0.4, -0.2) is 26.7 Å². The molecule has 5 heteroatoms. The predicted octanol–water partition coefficient (Wildman–Crippen LogP) is 1.70. The molecule has 1 aromatic heterocycles. The highest BCUT2D eigenvalue weighted by Gasteiger charge is 2.23.